The van der Waals surface area contributed by atoms with Crippen LogP contribution in [0.2, 0.25) is 0 Å². The molecular weight excluding hydrogens is 1390 g/mol. The number of hydrogen-bond donors (Lipinski definition) is 4. The Labute approximate surface area is 634 Å². The summed E-state index contributed by atoms with van der Waals surface area (Å²) in [6.45, 7) is 24.1. The first-order chi connectivity index (χ1) is 51.6. The van der Waals surface area contributed by atoms with Crippen LogP contribution in [-0.4, -0.2) is 138 Å². The number of nitrogens with zero attached hydrogens (tertiary/aromatic N) is 8. The van der Waals surface area contributed by atoms with Gasteiger partial charge in [0, 0.05) is 96.2 Å². The summed E-state index contributed by atoms with van der Waals surface area (Å²) in [5, 5.41) is 42.4. The molecule has 24 heteroatoms. The van der Waals surface area contributed by atoms with E-state index in [0.29, 0.717) is 122 Å². The molecule has 4 heterocycles. The van der Waals surface area contributed by atoms with Crippen LogP contribution in [0.4, 0.5) is 22.7 Å². The third-order valence-electron chi connectivity index (χ3n) is 18.6. The van der Waals surface area contributed by atoms with Crippen molar-refractivity contribution < 1.29 is 56.8 Å². The van der Waals surface area contributed by atoms with Crippen molar-refractivity contribution in [3.05, 3.63) is 180 Å². The number of nitrogens with one attached hydrogen (secondary N) is 2. The van der Waals surface area contributed by atoms with Gasteiger partial charge in [-0.05, 0) is 229 Å². The summed E-state index contributed by atoms with van der Waals surface area (Å²) in [5.41, 5.74) is 7.80. The van der Waals surface area contributed by atoms with Gasteiger partial charge in [-0.2, -0.15) is 0 Å². The number of unbranched alkanes of at least 4 members (excludes halogenated alkanes) is 2. The highest BCUT2D eigenvalue weighted by atomic mass is 32.2. The molecule has 0 saturated heterocycles. The van der Waals surface area contributed by atoms with Gasteiger partial charge in [0.25, 0.3) is 11.8 Å². The Morgan fingerprint density at radius 3 is 1.36 bits per heavy atom. The Morgan fingerprint density at radius 2 is 0.935 bits per heavy atom. The summed E-state index contributed by atoms with van der Waals surface area (Å²) < 4.78 is 53.2. The molecule has 10 rings (SSSR count). The number of amides is 2. The number of aryl methyl sites for hydroxylation is 2. The molecule has 2 atom stereocenters. The van der Waals surface area contributed by atoms with Crippen molar-refractivity contribution in [3.8, 4) is 33.8 Å². The largest absolute Gasteiger partial charge is 0.491 e. The molecule has 2 amide bonds. The third kappa shape index (κ3) is 23.4. The standard InChI is InChI=1S/C42H53N5O6S.C41H51N5O6S/c1-6-8-23-52-24-25-53-36-16-11-31(12-17-36)32-13-20-38-34(26-32)27-33(10-9-22-46(38)29-42(4,5)41(49)50)40(48)43-35-14-18-37(19-15-35)54(51)28-39-45-44-30(3)47(39)21-7-2;1-5-7-22-51-23-24-52-35-15-10-30(11-16-35)31-12-19-37-33(25-31)26-32(9-8-21-45(37)28-41(3,4)40(48)49)39(47)43-34-13-17-36(18-14-34)53(50)27-38-44-42-29-46(38)20-6-2/h11-20,26-27H,6-10,21-25,28-29H2,1-5H3,(H,43,48)(H,49,50);10-19,25-26,29H,5-9,20-24,27-28H2,1-4H3,(H,43,47)(H,48,49)/b33-27+;32-26+/t54-;53-/m00/s1. The van der Waals surface area contributed by atoms with Crippen LogP contribution in [0.5, 0.6) is 11.5 Å². The topological polar surface area (TPSA) is 272 Å². The lowest BCUT2D eigenvalue weighted by Gasteiger charge is -2.34. The molecule has 107 heavy (non-hydrogen) atoms. The summed E-state index contributed by atoms with van der Waals surface area (Å²) in [4.78, 5) is 57.3. The van der Waals surface area contributed by atoms with E-state index in [4.69, 9.17) is 18.9 Å². The second kappa shape index (κ2) is 39.8. The number of carbonyl (C=O) groups is 4. The zero-order chi connectivity index (χ0) is 76.5. The van der Waals surface area contributed by atoms with Crippen molar-refractivity contribution in [3.63, 3.8) is 0 Å². The van der Waals surface area contributed by atoms with Gasteiger partial charge in [0.15, 0.2) is 0 Å². The molecular formula is C83H104N10O12S2. The fourth-order valence-corrected chi connectivity index (χ4v) is 14.5. The zero-order valence-corrected chi connectivity index (χ0v) is 64.9. The predicted octanol–water partition coefficient (Wildman–Crippen LogP) is 15.5. The van der Waals surface area contributed by atoms with E-state index in [2.05, 4.69) is 80.7 Å². The van der Waals surface area contributed by atoms with E-state index in [-0.39, 0.29) is 23.3 Å². The van der Waals surface area contributed by atoms with Gasteiger partial charge in [-0.1, -0.05) is 76.9 Å². The number of anilines is 4. The van der Waals surface area contributed by atoms with E-state index in [0.717, 1.165) is 127 Å². The second-order valence-corrected chi connectivity index (χ2v) is 31.1. The number of aliphatic carboxylic acids is 2. The van der Waals surface area contributed by atoms with Gasteiger partial charge in [-0.15, -0.1) is 20.4 Å². The Hall–Kier alpha value is -9.62. The van der Waals surface area contributed by atoms with Gasteiger partial charge in [0.05, 0.1) is 57.1 Å². The average molecular weight is 1500 g/mol. The fourth-order valence-electron chi connectivity index (χ4n) is 12.4. The molecule has 6 aromatic carbocycles. The van der Waals surface area contributed by atoms with E-state index in [1.165, 1.54) is 0 Å². The minimum absolute atomic E-state index is 0.220. The maximum absolute atomic E-state index is 13.8. The summed E-state index contributed by atoms with van der Waals surface area (Å²) in [6, 6.07) is 42.1. The molecule has 8 aromatic rings. The Kier molecular flexibility index (Phi) is 30.3. The molecule has 570 valence electrons. The Balaban J connectivity index is 0.000000247. The van der Waals surface area contributed by atoms with E-state index in [1.54, 1.807) is 82.6 Å². The number of benzene rings is 6. The summed E-state index contributed by atoms with van der Waals surface area (Å²) in [5.74, 6) is 2.05. The van der Waals surface area contributed by atoms with Crippen molar-refractivity contribution in [2.75, 3.05) is 86.3 Å². The van der Waals surface area contributed by atoms with Gasteiger partial charge >= 0.3 is 11.9 Å². The maximum Gasteiger partial charge on any atom is 0.310 e. The highest BCUT2D eigenvalue weighted by Gasteiger charge is 2.33. The fraction of sp³-hybridized carbons (Fsp3) is 0.422. The maximum atomic E-state index is 13.8. The molecule has 2 aromatic heterocycles. The Bertz CT molecular complexity index is 4380. The minimum atomic E-state index is -1.33. The molecule has 0 radical (unpaired) electrons. The van der Waals surface area contributed by atoms with Crippen LogP contribution in [0.1, 0.15) is 148 Å². The summed E-state index contributed by atoms with van der Waals surface area (Å²) in [7, 11) is -2.65. The second-order valence-electron chi connectivity index (χ2n) is 28.2. The van der Waals surface area contributed by atoms with Gasteiger partial charge in [-0.25, -0.2) is 0 Å². The van der Waals surface area contributed by atoms with Crippen LogP contribution in [0.25, 0.3) is 34.4 Å². The van der Waals surface area contributed by atoms with Crippen LogP contribution in [-0.2, 0) is 74.8 Å². The molecule has 2 aliphatic heterocycles. The summed E-state index contributed by atoms with van der Waals surface area (Å²) in [6.07, 6.45) is 14.0. The lowest BCUT2D eigenvalue weighted by molar-refractivity contribution is -0.147. The molecule has 0 saturated carbocycles. The molecule has 0 bridgehead atoms. The number of fused-ring (bicyclic) bond motifs is 2. The zero-order valence-electron chi connectivity index (χ0n) is 63.3. The molecule has 22 nitrogen and oxygen atoms in total. The molecule has 0 fully saturated rings. The molecule has 4 N–H and O–H groups in total. The van der Waals surface area contributed by atoms with Crippen molar-refractivity contribution in [2.24, 2.45) is 10.8 Å². The number of aromatic nitrogens is 6. The van der Waals surface area contributed by atoms with E-state index >= 15 is 0 Å². The lowest BCUT2D eigenvalue weighted by Crippen LogP contribution is -2.40. The van der Waals surface area contributed by atoms with Gasteiger partial charge < -0.3 is 58.7 Å². The van der Waals surface area contributed by atoms with Crippen LogP contribution in [0.15, 0.2) is 161 Å². The average Bonchev–Trinajstić information content (AvgIpc) is 1.69. The number of carboxylic acids is 2. The van der Waals surface area contributed by atoms with E-state index in [9.17, 15) is 37.8 Å². The lowest BCUT2D eigenvalue weighted by atomic mass is 9.91. The van der Waals surface area contributed by atoms with Crippen molar-refractivity contribution in [2.45, 2.75) is 161 Å². The monoisotopic (exact) mass is 1500 g/mol. The van der Waals surface area contributed by atoms with Gasteiger partial charge in [0.2, 0.25) is 0 Å². The highest BCUT2D eigenvalue weighted by molar-refractivity contribution is 7.84. The van der Waals surface area contributed by atoms with Crippen molar-refractivity contribution in [1.29, 1.82) is 0 Å². The number of rotatable bonds is 36. The first-order valence-electron chi connectivity index (χ1n) is 37.2. The van der Waals surface area contributed by atoms with Crippen LogP contribution >= 0.6 is 0 Å². The number of carboxylic acid groups (broad SMARTS) is 2. The van der Waals surface area contributed by atoms with Crippen LogP contribution in [0, 0.1) is 17.8 Å². The predicted molar refractivity (Wildman–Crippen MR) is 424 cm³/mol. The Morgan fingerprint density at radius 1 is 0.505 bits per heavy atom. The first kappa shape index (κ1) is 81.5. The highest BCUT2D eigenvalue weighted by Crippen LogP contribution is 2.38. The molecule has 2 aliphatic rings. The number of carbonyl (C=O) groups excluding carboxylic acids is 2. The third-order valence-corrected chi connectivity index (χ3v) is 21.2. The normalized spacial score (nSPS) is 14.7. The van der Waals surface area contributed by atoms with Crippen LogP contribution < -0.4 is 29.9 Å². The SMILES string of the molecule is CCCCOCCOc1ccc(-c2ccc3c(c2)/C=C(/C(=O)Nc2ccc([S@@](=O)Cc4nnc(C)n4CCC)cc2)CCCN3CC(C)(C)C(=O)O)cc1.CCCCOCCOc1ccc(-c2ccc3c(c2)/C=C(/C(=O)Nc2ccc([S@@](=O)Cc4nncn4CCC)cc2)CCCN3CC(C)(C)C(=O)O)cc1. The van der Waals surface area contributed by atoms with Crippen LogP contribution in [0.3, 0.4) is 0 Å². The summed E-state index contributed by atoms with van der Waals surface area (Å²) >= 11 is 0. The molecule has 0 spiro atoms. The van der Waals surface area contributed by atoms with Gasteiger partial charge in [-0.3, -0.25) is 27.6 Å². The molecule has 0 unspecified atom stereocenters. The number of ether oxygens (including phenoxy) is 4. The van der Waals surface area contributed by atoms with Crippen molar-refractivity contribution in [1.82, 2.24) is 29.5 Å². The van der Waals surface area contributed by atoms with Crippen molar-refractivity contribution >= 4 is 80.3 Å². The first-order valence-corrected chi connectivity index (χ1v) is 39.8. The van der Waals surface area contributed by atoms with E-state index < -0.39 is 44.4 Å². The quantitative estimate of drug-likeness (QED) is 0.0266. The smallest absolute Gasteiger partial charge is 0.310 e. The minimum Gasteiger partial charge on any atom is -0.491 e. The van der Waals surface area contributed by atoms with Gasteiger partial charge in [0.1, 0.15) is 48.5 Å². The molecule has 0 aliphatic carbocycles. The number of hydrogen-bond acceptors (Lipinski definition) is 16. The van der Waals surface area contributed by atoms with E-state index in [1.807, 2.05) is 101 Å².